The molecule has 1 aromatic carbocycles. The van der Waals surface area contributed by atoms with Crippen LogP contribution in [0.25, 0.3) is 0 Å². The average Bonchev–Trinajstić information content (AvgIpc) is 2.84. The molecule has 0 aliphatic carbocycles. The number of carbonyl (C=O) groups excluding carboxylic acids is 2. The van der Waals surface area contributed by atoms with Crippen molar-refractivity contribution < 1.29 is 9.59 Å². The quantitative estimate of drug-likeness (QED) is 0.927. The maximum atomic E-state index is 12.7. The van der Waals surface area contributed by atoms with Crippen molar-refractivity contribution in [3.05, 3.63) is 47.2 Å². The first kappa shape index (κ1) is 15.8. The number of rotatable bonds is 4. The van der Waals surface area contributed by atoms with Gasteiger partial charge in [0, 0.05) is 24.2 Å². The van der Waals surface area contributed by atoms with Crippen LogP contribution < -0.4 is 5.32 Å². The van der Waals surface area contributed by atoms with Gasteiger partial charge in [0.1, 0.15) is 0 Å². The Balaban J connectivity index is 1.81. The van der Waals surface area contributed by atoms with Gasteiger partial charge >= 0.3 is 0 Å². The molecule has 0 aromatic heterocycles. The highest BCUT2D eigenvalue weighted by Crippen LogP contribution is 2.32. The highest BCUT2D eigenvalue weighted by molar-refractivity contribution is 5.99. The predicted octanol–water partition coefficient (Wildman–Crippen LogP) is 3.34. The zero-order valence-corrected chi connectivity index (χ0v) is 13.9. The van der Waals surface area contributed by atoms with Crippen LogP contribution in [0.4, 0.5) is 0 Å². The fourth-order valence-electron chi connectivity index (χ4n) is 3.63. The summed E-state index contributed by atoms with van der Waals surface area (Å²) in [5, 5.41) is 2.77. The van der Waals surface area contributed by atoms with Crippen molar-refractivity contribution in [2.75, 3.05) is 0 Å². The molecule has 2 unspecified atom stereocenters. The van der Waals surface area contributed by atoms with Gasteiger partial charge in [-0.05, 0) is 36.0 Å². The number of carbonyl (C=O) groups is 2. The van der Waals surface area contributed by atoms with Crippen molar-refractivity contribution >= 4 is 11.8 Å². The number of amides is 2. The molecular weight excluding hydrogens is 288 g/mol. The van der Waals surface area contributed by atoms with E-state index in [1.807, 2.05) is 11.0 Å². The minimum absolute atomic E-state index is 0.00825. The SMILES string of the molecule is C=C1NC(=O)CCC1N1Cc2cc(C(C)CCC)ccc2C1=O. The molecule has 2 amide bonds. The molecule has 2 aliphatic heterocycles. The summed E-state index contributed by atoms with van der Waals surface area (Å²) in [5.41, 5.74) is 3.83. The first-order valence-corrected chi connectivity index (χ1v) is 8.43. The molecule has 23 heavy (non-hydrogen) atoms. The van der Waals surface area contributed by atoms with Crippen LogP contribution in [-0.2, 0) is 11.3 Å². The van der Waals surface area contributed by atoms with Gasteiger partial charge in [-0.15, -0.1) is 0 Å². The lowest BCUT2D eigenvalue weighted by Gasteiger charge is -2.32. The van der Waals surface area contributed by atoms with Gasteiger partial charge in [0.2, 0.25) is 5.91 Å². The number of nitrogens with zero attached hydrogens (tertiary/aromatic N) is 1. The normalized spacial score (nSPS) is 22.1. The second-order valence-corrected chi connectivity index (χ2v) is 6.67. The van der Waals surface area contributed by atoms with Crippen molar-refractivity contribution in [1.82, 2.24) is 10.2 Å². The van der Waals surface area contributed by atoms with Gasteiger partial charge in [-0.25, -0.2) is 0 Å². The van der Waals surface area contributed by atoms with E-state index in [0.717, 1.165) is 24.0 Å². The third-order valence-corrected chi connectivity index (χ3v) is 4.98. The van der Waals surface area contributed by atoms with E-state index in [0.29, 0.717) is 31.0 Å². The van der Waals surface area contributed by atoms with E-state index >= 15 is 0 Å². The number of piperidine rings is 1. The van der Waals surface area contributed by atoms with E-state index in [2.05, 4.69) is 37.9 Å². The summed E-state index contributed by atoms with van der Waals surface area (Å²) in [6.45, 7) is 8.97. The smallest absolute Gasteiger partial charge is 0.255 e. The first-order valence-electron chi connectivity index (χ1n) is 8.43. The van der Waals surface area contributed by atoms with Crippen LogP contribution >= 0.6 is 0 Å². The largest absolute Gasteiger partial charge is 0.328 e. The van der Waals surface area contributed by atoms with Crippen LogP contribution in [0.5, 0.6) is 0 Å². The van der Waals surface area contributed by atoms with E-state index in [4.69, 9.17) is 0 Å². The van der Waals surface area contributed by atoms with Crippen LogP contribution in [0.15, 0.2) is 30.5 Å². The monoisotopic (exact) mass is 312 g/mol. The molecule has 0 saturated carbocycles. The molecule has 4 nitrogen and oxygen atoms in total. The standard InChI is InChI=1S/C19H24N2O2/c1-4-5-12(2)14-6-7-16-15(10-14)11-21(19(16)23)17-8-9-18(22)20-13(17)3/h6-7,10,12,17H,3-5,8-9,11H2,1-2H3,(H,20,22). The lowest BCUT2D eigenvalue weighted by Crippen LogP contribution is -2.45. The van der Waals surface area contributed by atoms with Crippen molar-refractivity contribution in [2.24, 2.45) is 0 Å². The highest BCUT2D eigenvalue weighted by Gasteiger charge is 2.36. The maximum Gasteiger partial charge on any atom is 0.255 e. The second-order valence-electron chi connectivity index (χ2n) is 6.67. The number of hydrogen-bond donors (Lipinski definition) is 1. The van der Waals surface area contributed by atoms with Crippen LogP contribution in [0.1, 0.15) is 66.9 Å². The molecule has 4 heteroatoms. The molecule has 0 radical (unpaired) electrons. The molecule has 0 bridgehead atoms. The summed E-state index contributed by atoms with van der Waals surface area (Å²) in [4.78, 5) is 26.0. The Hall–Kier alpha value is -2.10. The Morgan fingerprint density at radius 2 is 2.17 bits per heavy atom. The molecule has 2 atom stereocenters. The van der Waals surface area contributed by atoms with Crippen LogP contribution in [0, 0.1) is 0 Å². The molecular formula is C19H24N2O2. The Bertz CT molecular complexity index is 665. The maximum absolute atomic E-state index is 12.7. The van der Waals surface area contributed by atoms with Crippen LogP contribution in [0.3, 0.4) is 0 Å². The van der Waals surface area contributed by atoms with Gasteiger partial charge in [-0.1, -0.05) is 39.0 Å². The summed E-state index contributed by atoms with van der Waals surface area (Å²) in [6, 6.07) is 6.13. The summed E-state index contributed by atoms with van der Waals surface area (Å²) < 4.78 is 0. The van der Waals surface area contributed by atoms with Crippen molar-refractivity contribution in [1.29, 1.82) is 0 Å². The third-order valence-electron chi connectivity index (χ3n) is 4.98. The van der Waals surface area contributed by atoms with Crippen molar-refractivity contribution in [2.45, 2.75) is 58.0 Å². The average molecular weight is 312 g/mol. The summed E-state index contributed by atoms with van der Waals surface area (Å²) in [7, 11) is 0. The van der Waals surface area contributed by atoms with Gasteiger partial charge in [-0.3, -0.25) is 9.59 Å². The molecule has 1 saturated heterocycles. The zero-order valence-electron chi connectivity index (χ0n) is 13.9. The minimum Gasteiger partial charge on any atom is -0.328 e. The molecule has 2 heterocycles. The topological polar surface area (TPSA) is 49.4 Å². The Labute approximate surface area is 137 Å². The first-order chi connectivity index (χ1) is 11.0. The van der Waals surface area contributed by atoms with Gasteiger partial charge in [0.15, 0.2) is 0 Å². The van der Waals surface area contributed by atoms with Gasteiger partial charge in [-0.2, -0.15) is 0 Å². The lowest BCUT2D eigenvalue weighted by atomic mass is 9.94. The fraction of sp³-hybridized carbons (Fsp3) is 0.474. The summed E-state index contributed by atoms with van der Waals surface area (Å²) in [5.74, 6) is 0.557. The Kier molecular flexibility index (Phi) is 4.24. The molecule has 3 rings (SSSR count). The van der Waals surface area contributed by atoms with E-state index < -0.39 is 0 Å². The Morgan fingerprint density at radius 3 is 2.87 bits per heavy atom. The molecule has 2 aliphatic rings. The number of fused-ring (bicyclic) bond motifs is 1. The molecule has 122 valence electrons. The Morgan fingerprint density at radius 1 is 1.39 bits per heavy atom. The third kappa shape index (κ3) is 2.90. The number of benzene rings is 1. The van der Waals surface area contributed by atoms with E-state index in [1.54, 1.807) is 0 Å². The van der Waals surface area contributed by atoms with Crippen LogP contribution in [0.2, 0.25) is 0 Å². The van der Waals surface area contributed by atoms with Crippen molar-refractivity contribution in [3.63, 3.8) is 0 Å². The van der Waals surface area contributed by atoms with Crippen molar-refractivity contribution in [3.8, 4) is 0 Å². The second kappa shape index (κ2) is 6.19. The predicted molar refractivity (Wildman–Crippen MR) is 89.9 cm³/mol. The molecule has 1 fully saturated rings. The lowest BCUT2D eigenvalue weighted by molar-refractivity contribution is -0.121. The number of nitrogens with one attached hydrogen (secondary N) is 1. The van der Waals surface area contributed by atoms with Gasteiger partial charge < -0.3 is 10.2 Å². The summed E-state index contributed by atoms with van der Waals surface area (Å²) >= 11 is 0. The van der Waals surface area contributed by atoms with E-state index in [1.165, 1.54) is 5.56 Å². The molecule has 1 aromatic rings. The van der Waals surface area contributed by atoms with Gasteiger partial charge in [0.05, 0.1) is 6.04 Å². The zero-order chi connectivity index (χ0) is 16.6. The molecule has 0 spiro atoms. The van der Waals surface area contributed by atoms with E-state index in [9.17, 15) is 9.59 Å². The van der Waals surface area contributed by atoms with E-state index in [-0.39, 0.29) is 17.9 Å². The fourth-order valence-corrected chi connectivity index (χ4v) is 3.63. The molecule has 1 N–H and O–H groups in total. The number of hydrogen-bond acceptors (Lipinski definition) is 2. The minimum atomic E-state index is -0.0934. The summed E-state index contributed by atoms with van der Waals surface area (Å²) in [6.07, 6.45) is 3.42. The van der Waals surface area contributed by atoms with Gasteiger partial charge in [0.25, 0.3) is 5.91 Å². The highest BCUT2D eigenvalue weighted by atomic mass is 16.2. The van der Waals surface area contributed by atoms with Crippen LogP contribution in [-0.4, -0.2) is 22.8 Å².